The highest BCUT2D eigenvalue weighted by Crippen LogP contribution is 2.13. The minimum atomic E-state index is -3.60. The molecule has 0 unspecified atom stereocenters. The van der Waals surface area contributed by atoms with Gasteiger partial charge in [-0.3, -0.25) is 0 Å². The van der Waals surface area contributed by atoms with Crippen molar-refractivity contribution in [3.8, 4) is 0 Å². The Morgan fingerprint density at radius 1 is 1.48 bits per heavy atom. The number of carbonyl (C=O) groups excluding carboxylic acids is 1. The monoisotopic (exact) mass is 312 g/mol. The number of hydrogen-bond acceptors (Lipinski definition) is 5. The second kappa shape index (κ2) is 7.02. The number of nitrogens with one attached hydrogen (secondary N) is 2. The number of esters is 1. The van der Waals surface area contributed by atoms with Gasteiger partial charge >= 0.3 is 5.97 Å². The molecule has 1 aliphatic rings. The molecule has 1 saturated heterocycles. The Balaban J connectivity index is 1.99. The molecule has 6 nitrogen and oxygen atoms in total. The first-order chi connectivity index (χ1) is 10.0. The molecule has 116 valence electrons. The third kappa shape index (κ3) is 4.26. The second-order valence-electron chi connectivity index (χ2n) is 5.00. The largest absolute Gasteiger partial charge is 0.465 e. The summed E-state index contributed by atoms with van der Waals surface area (Å²) >= 11 is 0. The van der Waals surface area contributed by atoms with Crippen LogP contribution in [-0.2, 0) is 14.8 Å². The van der Waals surface area contributed by atoms with Gasteiger partial charge in [-0.25, -0.2) is 17.9 Å². The molecule has 0 aromatic heterocycles. The van der Waals surface area contributed by atoms with Crippen molar-refractivity contribution in [1.82, 2.24) is 10.0 Å². The van der Waals surface area contributed by atoms with E-state index in [0.29, 0.717) is 12.6 Å². The minimum Gasteiger partial charge on any atom is -0.465 e. The average Bonchev–Trinajstić information content (AvgIpc) is 2.99. The Morgan fingerprint density at radius 2 is 2.29 bits per heavy atom. The first kappa shape index (κ1) is 15.9. The predicted molar refractivity (Wildman–Crippen MR) is 78.6 cm³/mol. The lowest BCUT2D eigenvalue weighted by molar-refractivity contribution is 0.0600. The highest BCUT2D eigenvalue weighted by Gasteiger charge is 2.18. The highest BCUT2D eigenvalue weighted by molar-refractivity contribution is 7.89. The van der Waals surface area contributed by atoms with Crippen molar-refractivity contribution in [3.05, 3.63) is 29.8 Å². The molecule has 2 N–H and O–H groups in total. The van der Waals surface area contributed by atoms with E-state index in [-0.39, 0.29) is 10.5 Å². The molecule has 1 fully saturated rings. The van der Waals surface area contributed by atoms with Gasteiger partial charge in [-0.1, -0.05) is 6.07 Å². The molecule has 0 amide bonds. The van der Waals surface area contributed by atoms with E-state index < -0.39 is 16.0 Å². The maximum absolute atomic E-state index is 12.2. The first-order valence-electron chi connectivity index (χ1n) is 6.94. The van der Waals surface area contributed by atoms with Crippen molar-refractivity contribution < 1.29 is 17.9 Å². The van der Waals surface area contributed by atoms with Crippen LogP contribution in [0.25, 0.3) is 0 Å². The quantitative estimate of drug-likeness (QED) is 0.762. The number of rotatable bonds is 6. The van der Waals surface area contributed by atoms with Crippen molar-refractivity contribution in [1.29, 1.82) is 0 Å². The molecule has 1 aromatic carbocycles. The van der Waals surface area contributed by atoms with E-state index in [9.17, 15) is 13.2 Å². The third-order valence-corrected chi connectivity index (χ3v) is 4.97. The fourth-order valence-electron chi connectivity index (χ4n) is 2.36. The fourth-order valence-corrected chi connectivity index (χ4v) is 3.46. The van der Waals surface area contributed by atoms with Crippen LogP contribution in [0.1, 0.15) is 29.6 Å². The Morgan fingerprint density at radius 3 is 2.95 bits per heavy atom. The van der Waals surface area contributed by atoms with Crippen molar-refractivity contribution in [2.24, 2.45) is 0 Å². The molecule has 1 atom stereocenters. The van der Waals surface area contributed by atoms with Crippen molar-refractivity contribution in [2.75, 3.05) is 20.2 Å². The number of hydrogen-bond donors (Lipinski definition) is 2. The van der Waals surface area contributed by atoms with Gasteiger partial charge in [0.2, 0.25) is 10.0 Å². The normalized spacial score (nSPS) is 18.6. The Hall–Kier alpha value is -1.44. The van der Waals surface area contributed by atoms with E-state index in [4.69, 9.17) is 0 Å². The van der Waals surface area contributed by atoms with Gasteiger partial charge < -0.3 is 10.1 Å². The summed E-state index contributed by atoms with van der Waals surface area (Å²) in [5.41, 5.74) is 0.220. The Bertz CT molecular complexity index is 595. The molecule has 0 radical (unpaired) electrons. The maximum Gasteiger partial charge on any atom is 0.337 e. The van der Waals surface area contributed by atoms with Crippen LogP contribution in [0.15, 0.2) is 29.2 Å². The van der Waals surface area contributed by atoms with Gasteiger partial charge in [-0.2, -0.15) is 0 Å². The van der Waals surface area contributed by atoms with Crippen molar-refractivity contribution in [3.63, 3.8) is 0 Å². The molecule has 1 aromatic rings. The summed E-state index contributed by atoms with van der Waals surface area (Å²) in [6.45, 7) is 1.38. The summed E-state index contributed by atoms with van der Waals surface area (Å²) in [4.78, 5) is 11.5. The third-order valence-electron chi connectivity index (χ3n) is 3.51. The zero-order valence-corrected chi connectivity index (χ0v) is 12.8. The smallest absolute Gasteiger partial charge is 0.337 e. The Labute approximate surface area is 124 Å². The molecule has 0 aliphatic carbocycles. The van der Waals surface area contributed by atoms with Crippen LogP contribution in [0, 0.1) is 0 Å². The number of methoxy groups -OCH3 is 1. The lowest BCUT2D eigenvalue weighted by Gasteiger charge is -2.11. The molecular weight excluding hydrogens is 292 g/mol. The topological polar surface area (TPSA) is 84.5 Å². The molecule has 0 bridgehead atoms. The van der Waals surface area contributed by atoms with Crippen LogP contribution in [0.4, 0.5) is 0 Å². The highest BCUT2D eigenvalue weighted by atomic mass is 32.2. The molecular formula is C14H20N2O4S. The summed E-state index contributed by atoms with van der Waals surface area (Å²) in [6, 6.07) is 6.21. The fraction of sp³-hybridized carbons (Fsp3) is 0.500. The lowest BCUT2D eigenvalue weighted by atomic mass is 10.2. The lowest BCUT2D eigenvalue weighted by Crippen LogP contribution is -2.30. The zero-order chi connectivity index (χ0) is 15.3. The van der Waals surface area contributed by atoms with Crippen molar-refractivity contribution >= 4 is 16.0 Å². The van der Waals surface area contributed by atoms with Crippen LogP contribution in [-0.4, -0.2) is 40.6 Å². The molecule has 0 spiro atoms. The zero-order valence-electron chi connectivity index (χ0n) is 12.0. The van der Waals surface area contributed by atoms with Gasteiger partial charge in [-0.05, 0) is 44.0 Å². The van der Waals surface area contributed by atoms with Crippen LogP contribution in [0.2, 0.25) is 0 Å². The number of sulfonamides is 1. The van der Waals surface area contributed by atoms with Gasteiger partial charge in [-0.15, -0.1) is 0 Å². The predicted octanol–water partition coefficient (Wildman–Crippen LogP) is 0.894. The van der Waals surface area contributed by atoms with Crippen molar-refractivity contribution in [2.45, 2.75) is 30.2 Å². The molecule has 21 heavy (non-hydrogen) atoms. The summed E-state index contributed by atoms with van der Waals surface area (Å²) in [5.74, 6) is -0.554. The van der Waals surface area contributed by atoms with Crippen LogP contribution < -0.4 is 10.0 Å². The summed E-state index contributed by atoms with van der Waals surface area (Å²) in [7, 11) is -2.34. The van der Waals surface area contributed by atoms with Crippen LogP contribution in [0.5, 0.6) is 0 Å². The van der Waals surface area contributed by atoms with E-state index in [1.807, 2.05) is 0 Å². The van der Waals surface area contributed by atoms with Crippen LogP contribution in [0.3, 0.4) is 0 Å². The average molecular weight is 312 g/mol. The van der Waals surface area contributed by atoms with E-state index in [1.54, 1.807) is 0 Å². The SMILES string of the molecule is COC(=O)c1cccc(S(=O)(=O)NCC[C@H]2CCCN2)c1. The second-order valence-corrected chi connectivity index (χ2v) is 6.77. The summed E-state index contributed by atoms with van der Waals surface area (Å²) < 4.78 is 31.5. The van der Waals surface area contributed by atoms with Gasteiger partial charge in [0.15, 0.2) is 0 Å². The van der Waals surface area contributed by atoms with Gasteiger partial charge in [0.25, 0.3) is 0 Å². The van der Waals surface area contributed by atoms with Gasteiger partial charge in [0, 0.05) is 12.6 Å². The van der Waals surface area contributed by atoms with Gasteiger partial charge in [0.05, 0.1) is 17.6 Å². The molecule has 0 saturated carbocycles. The van der Waals surface area contributed by atoms with E-state index in [2.05, 4.69) is 14.8 Å². The summed E-state index contributed by atoms with van der Waals surface area (Å²) in [6.07, 6.45) is 2.98. The van der Waals surface area contributed by atoms with Gasteiger partial charge in [0.1, 0.15) is 0 Å². The minimum absolute atomic E-state index is 0.0739. The number of carbonyl (C=O) groups is 1. The number of ether oxygens (including phenoxy) is 1. The Kier molecular flexibility index (Phi) is 5.33. The van der Waals surface area contributed by atoms with E-state index in [0.717, 1.165) is 25.8 Å². The first-order valence-corrected chi connectivity index (χ1v) is 8.42. The maximum atomic E-state index is 12.2. The summed E-state index contributed by atoms with van der Waals surface area (Å²) in [5, 5.41) is 3.32. The van der Waals surface area contributed by atoms with E-state index in [1.165, 1.54) is 31.4 Å². The number of benzene rings is 1. The molecule has 2 rings (SSSR count). The van der Waals surface area contributed by atoms with E-state index >= 15 is 0 Å². The molecule has 7 heteroatoms. The molecule has 1 heterocycles. The van der Waals surface area contributed by atoms with Crippen LogP contribution >= 0.6 is 0 Å². The standard InChI is InChI=1S/C14H20N2O4S/c1-20-14(17)11-4-2-6-13(10-11)21(18,19)16-9-7-12-5-3-8-15-12/h2,4,6,10,12,15-16H,3,5,7-9H2,1H3/t12-/m1/s1. The molecule has 1 aliphatic heterocycles.